The topological polar surface area (TPSA) is 67.7 Å². The van der Waals surface area contributed by atoms with Crippen LogP contribution in [0, 0.1) is 6.92 Å². The van der Waals surface area contributed by atoms with E-state index in [1.54, 1.807) is 4.68 Å². The number of nitrogens with one attached hydrogen (secondary N) is 2. The first kappa shape index (κ1) is 14.6. The molecule has 2 aromatic heterocycles. The van der Waals surface area contributed by atoms with E-state index >= 15 is 0 Å². The summed E-state index contributed by atoms with van der Waals surface area (Å²) < 4.78 is 1.78. The first-order chi connectivity index (χ1) is 9.62. The van der Waals surface area contributed by atoms with E-state index in [1.807, 2.05) is 32.5 Å². The van der Waals surface area contributed by atoms with Gasteiger partial charge in [0.25, 0.3) is 0 Å². The quantitative estimate of drug-likeness (QED) is 0.630. The molecule has 2 heterocycles. The summed E-state index contributed by atoms with van der Waals surface area (Å²) in [5.41, 5.74) is 1.90. The highest BCUT2D eigenvalue weighted by Crippen LogP contribution is 2.22. The SMILES string of the molecule is CCCNc1cc(Nc2cn(C)nc2C)nc(SC)n1. The predicted octanol–water partition coefficient (Wildman–Crippen LogP) is 2.81. The number of thioether (sulfide) groups is 1. The Labute approximate surface area is 123 Å². The van der Waals surface area contributed by atoms with Crippen molar-refractivity contribution in [2.75, 3.05) is 23.4 Å². The maximum atomic E-state index is 4.47. The predicted molar refractivity (Wildman–Crippen MR) is 83.8 cm³/mol. The van der Waals surface area contributed by atoms with Gasteiger partial charge in [0.15, 0.2) is 5.16 Å². The Morgan fingerprint density at radius 2 is 2.05 bits per heavy atom. The summed E-state index contributed by atoms with van der Waals surface area (Å²) in [4.78, 5) is 8.91. The molecule has 2 rings (SSSR count). The highest BCUT2D eigenvalue weighted by atomic mass is 32.2. The third-order valence-corrected chi connectivity index (χ3v) is 3.27. The van der Waals surface area contributed by atoms with Gasteiger partial charge in [0.05, 0.1) is 11.4 Å². The summed E-state index contributed by atoms with van der Waals surface area (Å²) in [6.45, 7) is 4.99. The van der Waals surface area contributed by atoms with E-state index in [1.165, 1.54) is 11.8 Å². The molecule has 20 heavy (non-hydrogen) atoms. The van der Waals surface area contributed by atoms with E-state index < -0.39 is 0 Å². The second-order valence-electron chi connectivity index (χ2n) is 4.48. The van der Waals surface area contributed by atoms with Gasteiger partial charge in [0.1, 0.15) is 11.6 Å². The van der Waals surface area contributed by atoms with Gasteiger partial charge in [0, 0.05) is 25.9 Å². The van der Waals surface area contributed by atoms with Gasteiger partial charge >= 0.3 is 0 Å². The summed E-state index contributed by atoms with van der Waals surface area (Å²) >= 11 is 1.53. The van der Waals surface area contributed by atoms with Crippen LogP contribution in [0.4, 0.5) is 17.3 Å². The van der Waals surface area contributed by atoms with Crippen molar-refractivity contribution in [3.05, 3.63) is 18.0 Å². The maximum Gasteiger partial charge on any atom is 0.191 e. The highest BCUT2D eigenvalue weighted by Gasteiger charge is 2.07. The summed E-state index contributed by atoms with van der Waals surface area (Å²) in [5.74, 6) is 1.62. The fourth-order valence-electron chi connectivity index (χ4n) is 1.78. The molecule has 0 saturated heterocycles. The zero-order valence-corrected chi connectivity index (χ0v) is 13.1. The van der Waals surface area contributed by atoms with Crippen molar-refractivity contribution < 1.29 is 0 Å². The Hall–Kier alpha value is -1.76. The number of aromatic nitrogens is 4. The van der Waals surface area contributed by atoms with Crippen molar-refractivity contribution in [1.29, 1.82) is 0 Å². The van der Waals surface area contributed by atoms with E-state index in [4.69, 9.17) is 0 Å². The van der Waals surface area contributed by atoms with Crippen molar-refractivity contribution in [3.63, 3.8) is 0 Å². The molecular weight excluding hydrogens is 272 g/mol. The smallest absolute Gasteiger partial charge is 0.191 e. The molecule has 0 spiro atoms. The molecule has 0 radical (unpaired) electrons. The minimum absolute atomic E-state index is 0.746. The van der Waals surface area contributed by atoms with Crippen LogP contribution in [0.1, 0.15) is 19.0 Å². The molecule has 7 heteroatoms. The van der Waals surface area contributed by atoms with Crippen LogP contribution in [0.15, 0.2) is 17.4 Å². The lowest BCUT2D eigenvalue weighted by Gasteiger charge is -2.09. The van der Waals surface area contributed by atoms with E-state index in [0.717, 1.165) is 41.1 Å². The first-order valence-electron chi connectivity index (χ1n) is 6.56. The van der Waals surface area contributed by atoms with Crippen molar-refractivity contribution in [3.8, 4) is 0 Å². The summed E-state index contributed by atoms with van der Waals surface area (Å²) in [7, 11) is 1.90. The van der Waals surface area contributed by atoms with Crippen LogP contribution in [0.3, 0.4) is 0 Å². The van der Waals surface area contributed by atoms with Gasteiger partial charge in [0.2, 0.25) is 0 Å². The van der Waals surface area contributed by atoms with Crippen molar-refractivity contribution >= 4 is 29.1 Å². The average Bonchev–Trinajstić information content (AvgIpc) is 2.74. The van der Waals surface area contributed by atoms with Gasteiger partial charge in [-0.05, 0) is 19.6 Å². The largest absolute Gasteiger partial charge is 0.370 e. The molecule has 0 saturated carbocycles. The zero-order valence-electron chi connectivity index (χ0n) is 12.3. The van der Waals surface area contributed by atoms with Crippen LogP contribution in [0.25, 0.3) is 0 Å². The number of rotatable bonds is 6. The Kier molecular flexibility index (Phi) is 4.84. The number of nitrogens with zero attached hydrogens (tertiary/aromatic N) is 4. The third kappa shape index (κ3) is 3.63. The molecule has 0 fully saturated rings. The number of hydrogen-bond acceptors (Lipinski definition) is 6. The monoisotopic (exact) mass is 292 g/mol. The van der Waals surface area contributed by atoms with Crippen molar-refractivity contribution in [2.24, 2.45) is 7.05 Å². The lowest BCUT2D eigenvalue weighted by Crippen LogP contribution is -2.05. The Balaban J connectivity index is 2.23. The van der Waals surface area contributed by atoms with Crippen LogP contribution >= 0.6 is 11.8 Å². The molecule has 2 aromatic rings. The molecule has 0 aliphatic carbocycles. The molecule has 0 aromatic carbocycles. The molecule has 0 amide bonds. The Morgan fingerprint density at radius 1 is 1.30 bits per heavy atom. The molecule has 0 unspecified atom stereocenters. The van der Waals surface area contributed by atoms with Crippen LogP contribution in [-0.2, 0) is 7.05 Å². The van der Waals surface area contributed by atoms with Crippen molar-refractivity contribution in [1.82, 2.24) is 19.7 Å². The summed E-state index contributed by atoms with van der Waals surface area (Å²) in [6, 6.07) is 1.92. The highest BCUT2D eigenvalue weighted by molar-refractivity contribution is 7.98. The minimum atomic E-state index is 0.746. The fraction of sp³-hybridized carbons (Fsp3) is 0.462. The molecule has 6 nitrogen and oxygen atoms in total. The van der Waals surface area contributed by atoms with Gasteiger partial charge in [-0.25, -0.2) is 9.97 Å². The summed E-state index contributed by atoms with van der Waals surface area (Å²) in [6.07, 6.45) is 4.97. The van der Waals surface area contributed by atoms with Crippen LogP contribution in [-0.4, -0.2) is 32.5 Å². The number of anilines is 3. The van der Waals surface area contributed by atoms with Gasteiger partial charge in [-0.1, -0.05) is 18.7 Å². The van der Waals surface area contributed by atoms with Gasteiger partial charge in [-0.3, -0.25) is 4.68 Å². The lowest BCUT2D eigenvalue weighted by molar-refractivity contribution is 0.756. The van der Waals surface area contributed by atoms with E-state index in [-0.39, 0.29) is 0 Å². The lowest BCUT2D eigenvalue weighted by atomic mass is 10.4. The average molecular weight is 292 g/mol. The van der Waals surface area contributed by atoms with Crippen LogP contribution in [0.5, 0.6) is 0 Å². The van der Waals surface area contributed by atoms with Crippen LogP contribution in [0.2, 0.25) is 0 Å². The van der Waals surface area contributed by atoms with E-state index in [9.17, 15) is 0 Å². The number of hydrogen-bond donors (Lipinski definition) is 2. The zero-order chi connectivity index (χ0) is 14.5. The maximum absolute atomic E-state index is 4.47. The second-order valence-corrected chi connectivity index (χ2v) is 5.25. The van der Waals surface area contributed by atoms with Crippen LogP contribution < -0.4 is 10.6 Å². The van der Waals surface area contributed by atoms with E-state index in [0.29, 0.717) is 0 Å². The minimum Gasteiger partial charge on any atom is -0.370 e. The second kappa shape index (κ2) is 6.60. The normalized spacial score (nSPS) is 10.6. The fourth-order valence-corrected chi connectivity index (χ4v) is 2.16. The number of aryl methyl sites for hydroxylation is 2. The molecule has 0 bridgehead atoms. The standard InChI is InChI=1S/C13H20N6S/c1-5-6-14-11-7-12(17-13(16-11)20-4)15-10-8-19(3)18-9(10)2/h7-8H,5-6H2,1-4H3,(H2,14,15,16,17). The molecule has 0 aliphatic rings. The summed E-state index contributed by atoms with van der Waals surface area (Å²) in [5, 5.41) is 11.6. The Morgan fingerprint density at radius 3 is 2.65 bits per heavy atom. The van der Waals surface area contributed by atoms with Crippen molar-refractivity contribution in [2.45, 2.75) is 25.4 Å². The molecular formula is C13H20N6S. The van der Waals surface area contributed by atoms with Gasteiger partial charge in [-0.15, -0.1) is 0 Å². The molecule has 2 N–H and O–H groups in total. The van der Waals surface area contributed by atoms with Gasteiger partial charge < -0.3 is 10.6 Å². The van der Waals surface area contributed by atoms with Gasteiger partial charge in [-0.2, -0.15) is 5.10 Å². The molecule has 108 valence electrons. The third-order valence-electron chi connectivity index (χ3n) is 2.72. The molecule has 0 atom stereocenters. The Bertz CT molecular complexity index is 580. The van der Waals surface area contributed by atoms with E-state index in [2.05, 4.69) is 32.6 Å². The molecule has 0 aliphatic heterocycles. The first-order valence-corrected chi connectivity index (χ1v) is 7.79.